The van der Waals surface area contributed by atoms with E-state index in [1.54, 1.807) is 31.3 Å². The fourth-order valence-corrected chi connectivity index (χ4v) is 8.42. The van der Waals surface area contributed by atoms with Crippen molar-refractivity contribution < 1.29 is 14.4 Å². The van der Waals surface area contributed by atoms with E-state index in [4.69, 9.17) is 0 Å². The van der Waals surface area contributed by atoms with Crippen LogP contribution < -0.4 is 16.0 Å². The van der Waals surface area contributed by atoms with Crippen molar-refractivity contribution in [1.29, 1.82) is 0 Å². The number of urea groups is 1. The van der Waals surface area contributed by atoms with Gasteiger partial charge in [0.2, 0.25) is 5.91 Å². The molecule has 34 heavy (non-hydrogen) atoms. The molecular formula is C27H38N4O3. The first-order valence-electron chi connectivity index (χ1n) is 12.8. The summed E-state index contributed by atoms with van der Waals surface area (Å²) in [6.07, 6.45) is 8.49. The highest BCUT2D eigenvalue weighted by Crippen LogP contribution is 2.66. The second-order valence-corrected chi connectivity index (χ2v) is 12.2. The number of rotatable bonds is 4. The van der Waals surface area contributed by atoms with Gasteiger partial charge in [-0.15, -0.1) is 0 Å². The molecule has 7 heteroatoms. The zero-order chi connectivity index (χ0) is 24.1. The number of carbonyl (C=O) groups excluding carboxylic acids is 3. The van der Waals surface area contributed by atoms with Crippen LogP contribution in [0.1, 0.15) is 75.6 Å². The first-order chi connectivity index (χ1) is 16.1. The zero-order valence-electron chi connectivity index (χ0n) is 20.7. The van der Waals surface area contributed by atoms with Crippen LogP contribution in [0.15, 0.2) is 24.3 Å². The molecule has 0 aromatic heterocycles. The van der Waals surface area contributed by atoms with Crippen molar-refractivity contribution in [1.82, 2.24) is 15.5 Å². The molecule has 0 radical (unpaired) electrons. The zero-order valence-corrected chi connectivity index (χ0v) is 20.7. The Morgan fingerprint density at radius 1 is 0.912 bits per heavy atom. The molecule has 4 amide bonds. The van der Waals surface area contributed by atoms with E-state index in [2.05, 4.69) is 29.8 Å². The Hall–Kier alpha value is -2.57. The van der Waals surface area contributed by atoms with Gasteiger partial charge in [0, 0.05) is 42.8 Å². The summed E-state index contributed by atoms with van der Waals surface area (Å²) in [6, 6.07) is 6.99. The molecule has 6 rings (SSSR count). The van der Waals surface area contributed by atoms with Crippen LogP contribution in [0, 0.1) is 22.7 Å². The van der Waals surface area contributed by atoms with Crippen LogP contribution in [0.25, 0.3) is 0 Å². The lowest BCUT2D eigenvalue weighted by molar-refractivity contribution is -0.125. The first kappa shape index (κ1) is 23.2. The van der Waals surface area contributed by atoms with Gasteiger partial charge in [0.15, 0.2) is 0 Å². The molecule has 7 nitrogen and oxygen atoms in total. The topological polar surface area (TPSA) is 90.5 Å². The summed E-state index contributed by atoms with van der Waals surface area (Å²) >= 11 is 0. The van der Waals surface area contributed by atoms with E-state index >= 15 is 0 Å². The fraction of sp³-hybridized carbons (Fsp3) is 0.667. The van der Waals surface area contributed by atoms with Gasteiger partial charge in [-0.25, -0.2) is 4.79 Å². The molecule has 1 aliphatic heterocycles. The Balaban J connectivity index is 1.17. The Bertz CT molecular complexity index is 964. The molecule has 4 saturated carbocycles. The predicted octanol–water partition coefficient (Wildman–Crippen LogP) is 4.16. The first-order valence-corrected chi connectivity index (χ1v) is 12.8. The second kappa shape index (κ2) is 8.28. The molecule has 1 aromatic carbocycles. The number of amides is 4. The van der Waals surface area contributed by atoms with Crippen LogP contribution in [0.4, 0.5) is 10.5 Å². The SMILES string of the molecule is CNC(=O)C1CCN(C(=O)c2ccc(NC(=O)NC34CC5C[C@@](C)(C3)C[C@](C)(C5)C4)cc2)CC1. The van der Waals surface area contributed by atoms with Crippen LogP contribution in [0.2, 0.25) is 0 Å². The van der Waals surface area contributed by atoms with Crippen molar-refractivity contribution in [3.8, 4) is 0 Å². The lowest BCUT2D eigenvalue weighted by Gasteiger charge is -2.65. The smallest absolute Gasteiger partial charge is 0.319 e. The maximum absolute atomic E-state index is 13.0. The highest BCUT2D eigenvalue weighted by molar-refractivity contribution is 5.96. The third-order valence-corrected chi connectivity index (χ3v) is 8.79. The van der Waals surface area contributed by atoms with Gasteiger partial charge in [0.1, 0.15) is 0 Å². The lowest BCUT2D eigenvalue weighted by Crippen LogP contribution is -2.65. The molecule has 5 aliphatic rings. The molecule has 1 aromatic rings. The number of likely N-dealkylation sites (tertiary alicyclic amines) is 1. The van der Waals surface area contributed by atoms with Gasteiger partial charge in [-0.2, -0.15) is 0 Å². The van der Waals surface area contributed by atoms with Gasteiger partial charge in [-0.05, 0) is 92.4 Å². The number of anilines is 1. The molecule has 1 heterocycles. The minimum Gasteiger partial charge on any atom is -0.359 e. The highest BCUT2D eigenvalue weighted by atomic mass is 16.2. The van der Waals surface area contributed by atoms with Crippen molar-refractivity contribution in [3.63, 3.8) is 0 Å². The Morgan fingerprint density at radius 2 is 1.53 bits per heavy atom. The predicted molar refractivity (Wildman–Crippen MR) is 131 cm³/mol. The Morgan fingerprint density at radius 3 is 2.09 bits per heavy atom. The van der Waals surface area contributed by atoms with Crippen LogP contribution in [-0.4, -0.2) is 48.4 Å². The third-order valence-electron chi connectivity index (χ3n) is 8.79. The molecule has 0 spiro atoms. The van der Waals surface area contributed by atoms with Crippen molar-refractivity contribution in [2.75, 3.05) is 25.5 Å². The standard InChI is InChI=1S/C27H38N4O3/c1-25-12-18-13-26(2,15-25)17-27(14-18,16-25)30-24(34)29-21-6-4-20(5-7-21)23(33)31-10-8-19(9-11-31)22(32)28-3/h4-7,18-19H,8-17H2,1-3H3,(H,28,32)(H2,29,30,34)/t18?,25-,26+,27?. The van der Waals surface area contributed by atoms with Gasteiger partial charge < -0.3 is 20.9 Å². The number of nitrogens with zero attached hydrogens (tertiary/aromatic N) is 1. The Kier molecular flexibility index (Phi) is 5.64. The van der Waals surface area contributed by atoms with E-state index in [0.717, 1.165) is 25.2 Å². The molecule has 1 saturated heterocycles. The number of nitrogens with one attached hydrogen (secondary N) is 3. The summed E-state index contributed by atoms with van der Waals surface area (Å²) in [6.45, 7) is 5.97. The Labute approximate surface area is 202 Å². The average molecular weight is 467 g/mol. The monoisotopic (exact) mass is 466 g/mol. The molecule has 3 N–H and O–H groups in total. The second-order valence-electron chi connectivity index (χ2n) is 12.2. The maximum Gasteiger partial charge on any atom is 0.319 e. The molecule has 5 fully saturated rings. The van der Waals surface area contributed by atoms with Gasteiger partial charge in [-0.1, -0.05) is 13.8 Å². The van der Waals surface area contributed by atoms with Crippen molar-refractivity contribution in [3.05, 3.63) is 29.8 Å². The van der Waals surface area contributed by atoms with E-state index < -0.39 is 0 Å². The van der Waals surface area contributed by atoms with Crippen molar-refractivity contribution in [2.24, 2.45) is 22.7 Å². The minimum atomic E-state index is -0.149. The van der Waals surface area contributed by atoms with Crippen molar-refractivity contribution in [2.45, 2.75) is 70.8 Å². The summed E-state index contributed by atoms with van der Waals surface area (Å²) in [7, 11) is 1.65. The van der Waals surface area contributed by atoms with Gasteiger partial charge in [0.05, 0.1) is 0 Å². The van der Waals surface area contributed by atoms with Gasteiger partial charge in [-0.3, -0.25) is 9.59 Å². The number of hydrogen-bond acceptors (Lipinski definition) is 3. The van der Waals surface area contributed by atoms with Crippen LogP contribution in [0.5, 0.6) is 0 Å². The van der Waals surface area contributed by atoms with E-state index in [-0.39, 0.29) is 29.3 Å². The summed E-state index contributed by atoms with van der Waals surface area (Å²) < 4.78 is 0. The molecule has 2 unspecified atom stereocenters. The third kappa shape index (κ3) is 4.41. The summed E-state index contributed by atoms with van der Waals surface area (Å²) in [5, 5.41) is 9.06. The molecule has 4 atom stereocenters. The molecular weight excluding hydrogens is 428 g/mol. The van der Waals surface area contributed by atoms with Gasteiger partial charge in [0.25, 0.3) is 5.91 Å². The van der Waals surface area contributed by atoms with E-state index in [1.807, 2.05) is 4.90 Å². The van der Waals surface area contributed by atoms with E-state index in [9.17, 15) is 14.4 Å². The number of hydrogen-bond donors (Lipinski definition) is 3. The molecule has 184 valence electrons. The van der Waals surface area contributed by atoms with Crippen LogP contribution in [-0.2, 0) is 4.79 Å². The number of piperidine rings is 1. The summed E-state index contributed by atoms with van der Waals surface area (Å²) in [5.41, 5.74) is 1.89. The summed E-state index contributed by atoms with van der Waals surface area (Å²) in [5.74, 6) is 0.732. The lowest BCUT2D eigenvalue weighted by atomic mass is 9.43. The van der Waals surface area contributed by atoms with Crippen LogP contribution >= 0.6 is 0 Å². The van der Waals surface area contributed by atoms with Crippen LogP contribution in [0.3, 0.4) is 0 Å². The van der Waals surface area contributed by atoms with Crippen molar-refractivity contribution >= 4 is 23.5 Å². The average Bonchev–Trinajstić information content (AvgIpc) is 2.75. The quantitative estimate of drug-likeness (QED) is 0.622. The van der Waals surface area contributed by atoms with E-state index in [0.29, 0.717) is 48.0 Å². The largest absolute Gasteiger partial charge is 0.359 e. The maximum atomic E-state index is 13.0. The minimum absolute atomic E-state index is 0.0155. The molecule has 4 bridgehead atoms. The highest BCUT2D eigenvalue weighted by Gasteiger charge is 2.60. The number of carbonyl (C=O) groups is 3. The van der Waals surface area contributed by atoms with Gasteiger partial charge >= 0.3 is 6.03 Å². The van der Waals surface area contributed by atoms with E-state index in [1.165, 1.54) is 19.3 Å². The number of benzene rings is 1. The molecule has 4 aliphatic carbocycles. The summed E-state index contributed by atoms with van der Waals surface area (Å²) in [4.78, 5) is 39.5. The fourth-order valence-electron chi connectivity index (χ4n) is 8.42. The normalized spacial score (nSPS) is 34.6.